The van der Waals surface area contributed by atoms with E-state index in [0.717, 1.165) is 25.7 Å². The van der Waals surface area contributed by atoms with Crippen LogP contribution in [0.1, 0.15) is 83.7 Å². The molecule has 1 heterocycles. The maximum absolute atomic E-state index is 13.5. The van der Waals surface area contributed by atoms with E-state index in [1.165, 1.54) is 24.8 Å². The molecule has 1 saturated heterocycles. The van der Waals surface area contributed by atoms with Gasteiger partial charge in [-0.1, -0.05) is 44.2 Å². The first kappa shape index (κ1) is 22.0. The third-order valence-electron chi connectivity index (χ3n) is 10.5. The van der Waals surface area contributed by atoms with Crippen molar-refractivity contribution in [1.29, 1.82) is 0 Å². The molecule has 1 aliphatic heterocycles. The Morgan fingerprint density at radius 3 is 2.47 bits per heavy atom. The third kappa shape index (κ3) is 3.23. The van der Waals surface area contributed by atoms with Crippen LogP contribution in [0.15, 0.2) is 30.3 Å². The number of benzene rings is 1. The summed E-state index contributed by atoms with van der Waals surface area (Å²) in [6.07, 6.45) is 8.68. The summed E-state index contributed by atoms with van der Waals surface area (Å²) in [6, 6.07) is 10.8. The number of fused-ring (bicyclic) bond motifs is 5. The van der Waals surface area contributed by atoms with Gasteiger partial charge in [-0.15, -0.1) is 0 Å². The van der Waals surface area contributed by atoms with Crippen molar-refractivity contribution >= 4 is 11.8 Å². The van der Waals surface area contributed by atoms with E-state index in [1.807, 2.05) is 25.2 Å². The van der Waals surface area contributed by atoms with Gasteiger partial charge in [0.2, 0.25) is 11.8 Å². The zero-order valence-corrected chi connectivity index (χ0v) is 20.3. The zero-order valence-electron chi connectivity index (χ0n) is 20.3. The highest BCUT2D eigenvalue weighted by atomic mass is 16.2. The maximum Gasteiger partial charge on any atom is 0.224 e. The summed E-state index contributed by atoms with van der Waals surface area (Å²) in [5.41, 5.74) is 1.53. The summed E-state index contributed by atoms with van der Waals surface area (Å²) < 4.78 is 0. The number of carbonyl (C=O) groups is 2. The average molecular weight is 437 g/mol. The molecule has 3 aliphatic carbocycles. The Kier molecular flexibility index (Phi) is 5.41. The molecule has 3 saturated carbocycles. The molecule has 4 heteroatoms. The molecule has 1 aromatic rings. The second-order valence-corrected chi connectivity index (χ2v) is 11.8. The van der Waals surface area contributed by atoms with Gasteiger partial charge in [0.1, 0.15) is 0 Å². The summed E-state index contributed by atoms with van der Waals surface area (Å²) in [5.74, 6) is 2.76. The topological polar surface area (TPSA) is 49.4 Å². The monoisotopic (exact) mass is 436 g/mol. The van der Waals surface area contributed by atoms with E-state index >= 15 is 0 Å². The lowest BCUT2D eigenvalue weighted by Crippen LogP contribution is -2.61. The van der Waals surface area contributed by atoms with E-state index in [9.17, 15) is 9.59 Å². The van der Waals surface area contributed by atoms with Gasteiger partial charge in [0.15, 0.2) is 0 Å². The molecule has 1 aromatic carbocycles. The fourth-order valence-electron chi connectivity index (χ4n) is 8.72. The highest BCUT2D eigenvalue weighted by Gasteiger charge is 2.62. The van der Waals surface area contributed by atoms with E-state index in [1.54, 1.807) is 0 Å². The second-order valence-electron chi connectivity index (χ2n) is 11.8. The quantitative estimate of drug-likeness (QED) is 0.695. The maximum atomic E-state index is 13.5. The third-order valence-corrected chi connectivity index (χ3v) is 10.5. The molecule has 4 aliphatic rings. The van der Waals surface area contributed by atoms with Gasteiger partial charge in [-0.25, -0.2) is 0 Å². The van der Waals surface area contributed by atoms with Crippen LogP contribution in [-0.2, 0) is 9.59 Å². The van der Waals surface area contributed by atoms with Crippen LogP contribution < -0.4 is 5.32 Å². The van der Waals surface area contributed by atoms with E-state index in [4.69, 9.17) is 0 Å². The normalized spacial score (nSPS) is 41.9. The van der Waals surface area contributed by atoms with Crippen molar-refractivity contribution in [1.82, 2.24) is 10.2 Å². The molecule has 2 amide bonds. The zero-order chi connectivity index (χ0) is 22.7. The molecule has 174 valence electrons. The van der Waals surface area contributed by atoms with Crippen molar-refractivity contribution < 1.29 is 9.59 Å². The number of likely N-dealkylation sites (tertiary alicyclic amines) is 1. The highest BCUT2D eigenvalue weighted by molar-refractivity contribution is 5.80. The molecule has 3 unspecified atom stereocenters. The Morgan fingerprint density at radius 2 is 1.72 bits per heavy atom. The van der Waals surface area contributed by atoms with Gasteiger partial charge in [-0.3, -0.25) is 9.59 Å². The Bertz CT molecular complexity index is 885. The van der Waals surface area contributed by atoms with Crippen LogP contribution in [0.5, 0.6) is 0 Å². The average Bonchev–Trinajstić information content (AvgIpc) is 3.14. The van der Waals surface area contributed by atoms with Crippen LogP contribution in [0.3, 0.4) is 0 Å². The summed E-state index contributed by atoms with van der Waals surface area (Å²) in [6.45, 7) is 6.99. The van der Waals surface area contributed by atoms with Crippen molar-refractivity contribution in [3.05, 3.63) is 35.9 Å². The van der Waals surface area contributed by atoms with E-state index in [0.29, 0.717) is 36.1 Å². The number of hydrogen-bond acceptors (Lipinski definition) is 2. The van der Waals surface area contributed by atoms with Gasteiger partial charge in [0, 0.05) is 25.4 Å². The number of rotatable bonds is 3. The largest absolute Gasteiger partial charge is 0.349 e. The molecular weight excluding hydrogens is 396 g/mol. The predicted molar refractivity (Wildman–Crippen MR) is 127 cm³/mol. The number of hydrogen-bond donors (Lipinski definition) is 1. The lowest BCUT2D eigenvalue weighted by atomic mass is 9.47. The molecule has 5 rings (SSSR count). The smallest absolute Gasteiger partial charge is 0.224 e. The van der Waals surface area contributed by atoms with Crippen LogP contribution in [0.25, 0.3) is 0 Å². The van der Waals surface area contributed by atoms with Gasteiger partial charge in [-0.05, 0) is 86.0 Å². The van der Waals surface area contributed by atoms with E-state index < -0.39 is 0 Å². The van der Waals surface area contributed by atoms with Gasteiger partial charge < -0.3 is 10.2 Å². The first-order chi connectivity index (χ1) is 15.3. The van der Waals surface area contributed by atoms with Crippen LogP contribution in [0.2, 0.25) is 0 Å². The van der Waals surface area contributed by atoms with E-state index in [2.05, 4.69) is 43.1 Å². The molecule has 0 radical (unpaired) electrons. The molecule has 32 heavy (non-hydrogen) atoms. The van der Waals surface area contributed by atoms with Crippen LogP contribution >= 0.6 is 0 Å². The highest BCUT2D eigenvalue weighted by Crippen LogP contribution is 2.66. The number of piperidine rings is 1. The van der Waals surface area contributed by atoms with Crippen molar-refractivity contribution in [3.8, 4) is 0 Å². The molecule has 0 spiro atoms. The van der Waals surface area contributed by atoms with E-state index in [-0.39, 0.29) is 28.7 Å². The fraction of sp³-hybridized carbons (Fsp3) is 0.714. The Balaban J connectivity index is 1.33. The van der Waals surface area contributed by atoms with Crippen molar-refractivity contribution in [2.24, 2.45) is 34.5 Å². The first-order valence-corrected chi connectivity index (χ1v) is 12.9. The number of nitrogens with zero attached hydrogens (tertiary/aromatic N) is 1. The molecule has 4 nitrogen and oxygen atoms in total. The van der Waals surface area contributed by atoms with Crippen LogP contribution in [0.4, 0.5) is 0 Å². The first-order valence-electron chi connectivity index (χ1n) is 12.9. The second kappa shape index (κ2) is 7.88. The van der Waals surface area contributed by atoms with Crippen LogP contribution in [0, 0.1) is 34.5 Å². The predicted octanol–water partition coefficient (Wildman–Crippen LogP) is 5.34. The lowest BCUT2D eigenvalue weighted by Gasteiger charge is -2.61. The molecule has 0 bridgehead atoms. The SMILES string of the molecule is C[C@H](NC(=O)[C@H]1CCC2C3CC[C@H]4N(C)C(=O)CC[C@]4(C)C3CC[C@@]21C)c1ccccc1. The number of nitrogens with one attached hydrogen (secondary N) is 1. The van der Waals surface area contributed by atoms with Gasteiger partial charge in [0.05, 0.1) is 6.04 Å². The van der Waals surface area contributed by atoms with Gasteiger partial charge in [0.25, 0.3) is 0 Å². The number of amides is 2. The molecule has 4 fully saturated rings. The summed E-state index contributed by atoms with van der Waals surface area (Å²) in [5, 5.41) is 3.35. The lowest BCUT2D eigenvalue weighted by molar-refractivity contribution is -0.159. The number of carbonyl (C=O) groups excluding carboxylic acids is 2. The summed E-state index contributed by atoms with van der Waals surface area (Å²) >= 11 is 0. The summed E-state index contributed by atoms with van der Waals surface area (Å²) in [7, 11) is 2.03. The summed E-state index contributed by atoms with van der Waals surface area (Å²) in [4.78, 5) is 27.9. The minimum absolute atomic E-state index is 0.0485. The fourth-order valence-corrected chi connectivity index (χ4v) is 8.72. The molecular formula is C28H40N2O2. The minimum Gasteiger partial charge on any atom is -0.349 e. The van der Waals surface area contributed by atoms with Gasteiger partial charge >= 0.3 is 0 Å². The minimum atomic E-state index is 0.0485. The Morgan fingerprint density at radius 1 is 1.00 bits per heavy atom. The van der Waals surface area contributed by atoms with Crippen molar-refractivity contribution in [2.45, 2.75) is 84.2 Å². The molecule has 0 aromatic heterocycles. The molecule has 8 atom stereocenters. The Hall–Kier alpha value is -1.84. The van der Waals surface area contributed by atoms with Crippen molar-refractivity contribution in [3.63, 3.8) is 0 Å². The molecule has 1 N–H and O–H groups in total. The van der Waals surface area contributed by atoms with Crippen molar-refractivity contribution in [2.75, 3.05) is 7.05 Å². The van der Waals surface area contributed by atoms with Gasteiger partial charge in [-0.2, -0.15) is 0 Å². The Labute approximate surface area is 193 Å². The standard InChI is InChI=1S/C28H40N2O2/c1-18(19-8-6-5-7-9-19)29-26(32)23-12-11-21-20-10-13-24-28(3,17-15-25(31)30(24)4)22(20)14-16-27(21,23)2/h5-9,18,20-24H,10-17H2,1-4H3,(H,29,32)/t18-,20?,21?,22?,23+,24+,27-,28+/m0/s1. The van der Waals surface area contributed by atoms with Crippen LogP contribution in [-0.4, -0.2) is 29.8 Å².